The molecule has 0 unspecified atom stereocenters. The van der Waals surface area contributed by atoms with Gasteiger partial charge >= 0.3 is 0 Å². The van der Waals surface area contributed by atoms with Gasteiger partial charge in [-0.15, -0.1) is 0 Å². The van der Waals surface area contributed by atoms with E-state index in [2.05, 4.69) is 10.9 Å². The molecule has 2 fully saturated rings. The van der Waals surface area contributed by atoms with Crippen molar-refractivity contribution in [1.82, 2.24) is 10.9 Å². The number of hydrazine groups is 2. The molecule has 248 valence electrons. The number of hydrogen-bond donors (Lipinski definition) is 3. The quantitative estimate of drug-likeness (QED) is 0.125. The molecule has 2 aliphatic rings. The number of anilines is 2. The highest BCUT2D eigenvalue weighted by atomic mass is 16.5. The number of nitrogens with one attached hydrogen (secondary N) is 2. The van der Waals surface area contributed by atoms with Gasteiger partial charge in [-0.25, -0.2) is 5.01 Å². The van der Waals surface area contributed by atoms with E-state index in [1.165, 1.54) is 17.2 Å². The van der Waals surface area contributed by atoms with Crippen molar-refractivity contribution >= 4 is 41.2 Å². The number of hydrogen-bond acceptors (Lipinski definition) is 7. The number of nitrogens with zero attached hydrogens (tertiary/aromatic N) is 2. The fourth-order valence-electron chi connectivity index (χ4n) is 5.54. The number of ether oxygens (including phenoxy) is 2. The minimum Gasteiger partial charge on any atom is -0.504 e. The van der Waals surface area contributed by atoms with Crippen molar-refractivity contribution in [3.8, 4) is 17.2 Å². The van der Waals surface area contributed by atoms with E-state index in [4.69, 9.17) is 9.47 Å². The molecule has 2 heterocycles. The van der Waals surface area contributed by atoms with Crippen LogP contribution in [0.5, 0.6) is 17.2 Å². The van der Waals surface area contributed by atoms with Gasteiger partial charge in [0.1, 0.15) is 24.5 Å². The predicted octanol–water partition coefficient (Wildman–Crippen LogP) is 5.95. The first-order valence-corrected chi connectivity index (χ1v) is 15.9. The summed E-state index contributed by atoms with van der Waals surface area (Å²) in [5, 5.41) is 13.5. The van der Waals surface area contributed by atoms with Crippen LogP contribution in [0.15, 0.2) is 139 Å². The summed E-state index contributed by atoms with van der Waals surface area (Å²) in [5.41, 5.74) is 10.7. The number of aromatic hydroxyl groups is 1. The second-order valence-electron chi connectivity index (χ2n) is 11.7. The lowest BCUT2D eigenvalue weighted by molar-refractivity contribution is -0.117. The topological polar surface area (TPSA) is 120 Å². The van der Waals surface area contributed by atoms with Gasteiger partial charge in [0.15, 0.2) is 11.5 Å². The zero-order valence-corrected chi connectivity index (χ0v) is 26.8. The minimum atomic E-state index is -0.528. The second kappa shape index (κ2) is 14.1. The standard InChI is InChI=1S/C40H32N4O6/c45-36-19-16-29(22-35-39(47)42-44(40(35)48)32-11-5-2-6-12-32)23-37(36)50-26-30-10-7-13-33(21-30)43-24-31(38(46)41-43)20-27-14-17-34(18-15-27)49-25-28-8-3-1-4-9-28/h1-23,45H,24-26H2,(H,41,46)(H,42,47). The maximum Gasteiger partial charge on any atom is 0.282 e. The van der Waals surface area contributed by atoms with Crippen molar-refractivity contribution in [3.63, 3.8) is 0 Å². The van der Waals surface area contributed by atoms with Crippen LogP contribution in [0.1, 0.15) is 22.3 Å². The first kappa shape index (κ1) is 31.8. The SMILES string of the molecule is O=C1NN(c2cccc(COc3cc(C=C4C(=O)NN(c5ccccc5)C4=O)ccc3O)c2)CC1=Cc1ccc(OCc2ccccc2)cc1. The van der Waals surface area contributed by atoms with Crippen molar-refractivity contribution in [3.05, 3.63) is 161 Å². The van der Waals surface area contributed by atoms with Crippen molar-refractivity contribution in [2.24, 2.45) is 0 Å². The maximum absolute atomic E-state index is 13.0. The molecule has 3 N–H and O–H groups in total. The van der Waals surface area contributed by atoms with Crippen LogP contribution < -0.4 is 30.3 Å². The van der Waals surface area contributed by atoms with Crippen molar-refractivity contribution in [2.75, 3.05) is 16.6 Å². The Morgan fingerprint density at radius 1 is 0.640 bits per heavy atom. The molecule has 5 aromatic carbocycles. The minimum absolute atomic E-state index is 0.0378. The summed E-state index contributed by atoms with van der Waals surface area (Å²) in [6.45, 7) is 0.956. The van der Waals surface area contributed by atoms with Gasteiger partial charge in [-0.2, -0.15) is 0 Å². The highest BCUT2D eigenvalue weighted by Crippen LogP contribution is 2.30. The lowest BCUT2D eigenvalue weighted by atomic mass is 10.1. The average Bonchev–Trinajstić information content (AvgIpc) is 3.66. The Bertz CT molecular complexity index is 2110. The third kappa shape index (κ3) is 7.19. The summed E-state index contributed by atoms with van der Waals surface area (Å²) in [5.74, 6) is -0.354. The van der Waals surface area contributed by atoms with Gasteiger partial charge in [-0.3, -0.25) is 30.2 Å². The first-order chi connectivity index (χ1) is 24.4. The molecule has 2 aliphatic heterocycles. The molecule has 50 heavy (non-hydrogen) atoms. The summed E-state index contributed by atoms with van der Waals surface area (Å²) < 4.78 is 11.8. The van der Waals surface area contributed by atoms with Gasteiger partial charge in [0, 0.05) is 5.57 Å². The number of amides is 3. The van der Waals surface area contributed by atoms with E-state index < -0.39 is 11.8 Å². The lowest BCUT2D eigenvalue weighted by Gasteiger charge is -2.18. The molecule has 0 atom stereocenters. The number of phenolic OH excluding ortho intramolecular Hbond substituents is 1. The van der Waals surface area contributed by atoms with Crippen LogP contribution in [-0.4, -0.2) is 29.4 Å². The monoisotopic (exact) mass is 664 g/mol. The van der Waals surface area contributed by atoms with E-state index in [1.54, 1.807) is 41.4 Å². The van der Waals surface area contributed by atoms with Crippen LogP contribution in [-0.2, 0) is 27.6 Å². The van der Waals surface area contributed by atoms with Gasteiger partial charge in [-0.05, 0) is 82.9 Å². The number of carbonyl (C=O) groups excluding carboxylic acids is 3. The highest BCUT2D eigenvalue weighted by molar-refractivity contribution is 6.31. The summed E-state index contributed by atoms with van der Waals surface area (Å²) in [6, 6.07) is 38.5. The van der Waals surface area contributed by atoms with Crippen LogP contribution in [0.3, 0.4) is 0 Å². The number of benzene rings is 5. The number of phenols is 1. The number of carbonyl (C=O) groups is 3. The Morgan fingerprint density at radius 3 is 2.10 bits per heavy atom. The Labute approximate surface area is 288 Å². The van der Waals surface area contributed by atoms with E-state index in [9.17, 15) is 19.5 Å². The Morgan fingerprint density at radius 2 is 1.32 bits per heavy atom. The maximum atomic E-state index is 13.0. The Kier molecular flexibility index (Phi) is 8.97. The average molecular weight is 665 g/mol. The smallest absolute Gasteiger partial charge is 0.282 e. The van der Waals surface area contributed by atoms with Crippen LogP contribution in [0.25, 0.3) is 12.2 Å². The van der Waals surface area contributed by atoms with Crippen molar-refractivity contribution in [1.29, 1.82) is 0 Å². The second-order valence-corrected chi connectivity index (χ2v) is 11.7. The molecule has 2 saturated heterocycles. The molecule has 0 spiro atoms. The van der Waals surface area contributed by atoms with Gasteiger partial charge in [0.2, 0.25) is 0 Å². The van der Waals surface area contributed by atoms with E-state index in [0.29, 0.717) is 30.0 Å². The molecule has 10 heteroatoms. The van der Waals surface area contributed by atoms with E-state index in [-0.39, 0.29) is 29.6 Å². The van der Waals surface area contributed by atoms with Gasteiger partial charge in [-0.1, -0.05) is 78.9 Å². The lowest BCUT2D eigenvalue weighted by Crippen LogP contribution is -2.35. The van der Waals surface area contributed by atoms with E-state index in [0.717, 1.165) is 28.1 Å². The summed E-state index contributed by atoms with van der Waals surface area (Å²) in [6.07, 6.45) is 3.32. The molecule has 5 aromatic rings. The van der Waals surface area contributed by atoms with Gasteiger partial charge < -0.3 is 14.6 Å². The zero-order chi connectivity index (χ0) is 34.5. The fraction of sp³-hybridized carbons (Fsp3) is 0.0750. The van der Waals surface area contributed by atoms with Crippen LogP contribution >= 0.6 is 0 Å². The number of para-hydroxylation sites is 1. The Hall–Kier alpha value is -6.81. The first-order valence-electron chi connectivity index (χ1n) is 15.9. The van der Waals surface area contributed by atoms with Crippen LogP contribution in [0, 0.1) is 0 Å². The highest BCUT2D eigenvalue weighted by Gasteiger charge is 2.34. The molecule has 3 amide bonds. The van der Waals surface area contributed by atoms with Gasteiger partial charge in [0.05, 0.1) is 17.9 Å². The Balaban J connectivity index is 0.982. The normalized spacial score (nSPS) is 15.8. The summed E-state index contributed by atoms with van der Waals surface area (Å²) >= 11 is 0. The van der Waals surface area contributed by atoms with E-state index >= 15 is 0 Å². The molecular weight excluding hydrogens is 632 g/mol. The fourth-order valence-corrected chi connectivity index (χ4v) is 5.54. The molecule has 0 bridgehead atoms. The molecule has 0 aromatic heterocycles. The number of rotatable bonds is 10. The third-order valence-electron chi connectivity index (χ3n) is 8.14. The largest absolute Gasteiger partial charge is 0.504 e. The molecule has 0 aliphatic carbocycles. The van der Waals surface area contributed by atoms with Crippen molar-refractivity contribution in [2.45, 2.75) is 13.2 Å². The van der Waals surface area contributed by atoms with Crippen molar-refractivity contribution < 1.29 is 29.0 Å². The molecule has 10 nitrogen and oxygen atoms in total. The third-order valence-corrected chi connectivity index (χ3v) is 8.14. The molecule has 0 saturated carbocycles. The van der Waals surface area contributed by atoms with Crippen LogP contribution in [0.4, 0.5) is 11.4 Å². The van der Waals surface area contributed by atoms with Crippen LogP contribution in [0.2, 0.25) is 0 Å². The molecule has 0 radical (unpaired) electrons. The summed E-state index contributed by atoms with van der Waals surface area (Å²) in [7, 11) is 0. The molecular formula is C40H32N4O6. The van der Waals surface area contributed by atoms with E-state index in [1.807, 2.05) is 91.0 Å². The van der Waals surface area contributed by atoms with Gasteiger partial charge in [0.25, 0.3) is 17.7 Å². The summed E-state index contributed by atoms with van der Waals surface area (Å²) in [4.78, 5) is 38.5. The predicted molar refractivity (Wildman–Crippen MR) is 190 cm³/mol. The zero-order valence-electron chi connectivity index (χ0n) is 26.8. The molecule has 7 rings (SSSR count).